The van der Waals surface area contributed by atoms with E-state index in [9.17, 15) is 8.42 Å². The lowest BCUT2D eigenvalue weighted by Gasteiger charge is -2.09. The number of hydrogen-bond acceptors (Lipinski definition) is 4. The third-order valence-corrected chi connectivity index (χ3v) is 4.61. The van der Waals surface area contributed by atoms with E-state index in [1.807, 2.05) is 0 Å². The predicted octanol–water partition coefficient (Wildman–Crippen LogP) is 2.41. The van der Waals surface area contributed by atoms with E-state index in [4.69, 9.17) is 22.1 Å². The predicted molar refractivity (Wildman–Crippen MR) is 82.9 cm³/mol. The van der Waals surface area contributed by atoms with E-state index in [0.29, 0.717) is 11.4 Å². The Hall–Kier alpha value is -1.76. The first-order valence-corrected chi connectivity index (χ1v) is 7.96. The van der Waals surface area contributed by atoms with Gasteiger partial charge in [0.2, 0.25) is 10.0 Å². The molecule has 0 aliphatic carbocycles. The number of nitrogens with two attached hydrogens (primary N) is 1. The second kappa shape index (κ2) is 6.34. The van der Waals surface area contributed by atoms with Crippen molar-refractivity contribution in [3.8, 4) is 5.75 Å². The second-order valence-corrected chi connectivity index (χ2v) is 6.53. The number of methoxy groups -OCH3 is 1. The lowest BCUT2D eigenvalue weighted by molar-refractivity contribution is 0.414. The Morgan fingerprint density at radius 2 is 2.00 bits per heavy atom. The molecule has 0 radical (unpaired) electrons. The highest BCUT2D eigenvalue weighted by molar-refractivity contribution is 7.89. The Kier molecular flexibility index (Phi) is 4.72. The normalized spacial score (nSPS) is 11.3. The third-order valence-electron chi connectivity index (χ3n) is 2.88. The van der Waals surface area contributed by atoms with Gasteiger partial charge < -0.3 is 10.5 Å². The van der Waals surface area contributed by atoms with Crippen LogP contribution < -0.4 is 15.2 Å². The largest absolute Gasteiger partial charge is 0.497 e. The minimum absolute atomic E-state index is 0.0737. The quantitative estimate of drug-likeness (QED) is 0.827. The molecular formula is C14H15ClN2O3S. The SMILES string of the molecule is COc1cccc(CNS(=O)(=O)c2ccc(N)c(Cl)c2)c1. The van der Waals surface area contributed by atoms with Crippen LogP contribution >= 0.6 is 11.6 Å². The van der Waals surface area contributed by atoms with Crippen LogP contribution in [0.25, 0.3) is 0 Å². The summed E-state index contributed by atoms with van der Waals surface area (Å²) in [5.41, 5.74) is 6.70. The fourth-order valence-electron chi connectivity index (χ4n) is 1.72. The maximum absolute atomic E-state index is 12.2. The summed E-state index contributed by atoms with van der Waals surface area (Å²) in [4.78, 5) is 0.0737. The van der Waals surface area contributed by atoms with Crippen LogP contribution in [-0.4, -0.2) is 15.5 Å². The molecule has 3 N–H and O–H groups in total. The fourth-order valence-corrected chi connectivity index (χ4v) is 3.01. The van der Waals surface area contributed by atoms with Gasteiger partial charge in [-0.2, -0.15) is 0 Å². The minimum Gasteiger partial charge on any atom is -0.497 e. The van der Waals surface area contributed by atoms with Gasteiger partial charge in [0.25, 0.3) is 0 Å². The average molecular weight is 327 g/mol. The molecule has 5 nitrogen and oxygen atoms in total. The van der Waals surface area contributed by atoms with Crippen molar-refractivity contribution in [3.05, 3.63) is 53.1 Å². The van der Waals surface area contributed by atoms with E-state index in [1.165, 1.54) is 18.2 Å². The molecule has 7 heteroatoms. The molecule has 0 aromatic heterocycles. The first kappa shape index (κ1) is 15.6. The summed E-state index contributed by atoms with van der Waals surface area (Å²) in [5, 5.41) is 0.208. The maximum Gasteiger partial charge on any atom is 0.240 e. The van der Waals surface area contributed by atoms with Crippen LogP contribution in [0.4, 0.5) is 5.69 Å². The number of ether oxygens (including phenoxy) is 1. The summed E-state index contributed by atoms with van der Waals surface area (Å²) in [7, 11) is -2.09. The van der Waals surface area contributed by atoms with E-state index < -0.39 is 10.0 Å². The Morgan fingerprint density at radius 3 is 2.67 bits per heavy atom. The molecule has 0 heterocycles. The zero-order valence-electron chi connectivity index (χ0n) is 11.3. The Morgan fingerprint density at radius 1 is 1.24 bits per heavy atom. The van der Waals surface area contributed by atoms with Gasteiger partial charge in [-0.3, -0.25) is 0 Å². The summed E-state index contributed by atoms with van der Waals surface area (Å²) in [6, 6.07) is 11.3. The number of anilines is 1. The van der Waals surface area contributed by atoms with Crippen LogP contribution in [0.2, 0.25) is 5.02 Å². The van der Waals surface area contributed by atoms with E-state index >= 15 is 0 Å². The number of nitrogens with one attached hydrogen (secondary N) is 1. The van der Waals surface area contributed by atoms with Gasteiger partial charge in [-0.15, -0.1) is 0 Å². The van der Waals surface area contributed by atoms with Crippen LogP contribution in [-0.2, 0) is 16.6 Å². The van der Waals surface area contributed by atoms with E-state index in [1.54, 1.807) is 31.4 Å². The molecular weight excluding hydrogens is 312 g/mol. The standard InChI is InChI=1S/C14H15ClN2O3S/c1-20-11-4-2-3-10(7-11)9-17-21(18,19)12-5-6-14(16)13(15)8-12/h2-8,17H,9,16H2,1H3. The molecule has 0 saturated heterocycles. The number of hydrogen-bond donors (Lipinski definition) is 2. The van der Waals surface area contributed by atoms with Crippen LogP contribution in [0, 0.1) is 0 Å². The van der Waals surface area contributed by atoms with E-state index in [0.717, 1.165) is 5.56 Å². The summed E-state index contributed by atoms with van der Waals surface area (Å²) in [6.45, 7) is 0.154. The summed E-state index contributed by atoms with van der Waals surface area (Å²) < 4.78 is 32.0. The molecule has 2 aromatic rings. The highest BCUT2D eigenvalue weighted by Gasteiger charge is 2.15. The lowest BCUT2D eigenvalue weighted by Crippen LogP contribution is -2.23. The van der Waals surface area contributed by atoms with Gasteiger partial charge in [0.05, 0.1) is 22.7 Å². The van der Waals surface area contributed by atoms with Crippen LogP contribution in [0.1, 0.15) is 5.56 Å². The molecule has 0 atom stereocenters. The fraction of sp³-hybridized carbons (Fsp3) is 0.143. The zero-order chi connectivity index (χ0) is 15.5. The van der Waals surface area contributed by atoms with Crippen LogP contribution in [0.15, 0.2) is 47.4 Å². The average Bonchev–Trinajstić information content (AvgIpc) is 2.48. The molecule has 112 valence electrons. The van der Waals surface area contributed by atoms with Gasteiger partial charge >= 0.3 is 0 Å². The second-order valence-electron chi connectivity index (χ2n) is 4.36. The van der Waals surface area contributed by atoms with Crippen LogP contribution in [0.3, 0.4) is 0 Å². The van der Waals surface area contributed by atoms with E-state index in [-0.39, 0.29) is 16.5 Å². The monoisotopic (exact) mass is 326 g/mol. The van der Waals surface area contributed by atoms with Crippen molar-refractivity contribution >= 4 is 27.3 Å². The Labute approximate surface area is 128 Å². The topological polar surface area (TPSA) is 81.4 Å². The van der Waals surface area contributed by atoms with Gasteiger partial charge in [0.1, 0.15) is 5.75 Å². The molecule has 0 aliphatic rings. The summed E-state index contributed by atoms with van der Waals surface area (Å²) >= 11 is 5.84. The van der Waals surface area contributed by atoms with Crippen molar-refractivity contribution < 1.29 is 13.2 Å². The molecule has 0 unspecified atom stereocenters. The van der Waals surface area contributed by atoms with Crippen molar-refractivity contribution in [1.82, 2.24) is 4.72 Å². The molecule has 0 amide bonds. The third kappa shape index (κ3) is 3.87. The Bertz CT molecular complexity index is 748. The van der Waals surface area contributed by atoms with Crippen molar-refractivity contribution in [2.45, 2.75) is 11.4 Å². The molecule has 0 aliphatic heterocycles. The summed E-state index contributed by atoms with van der Waals surface area (Å²) in [6.07, 6.45) is 0. The van der Waals surface area contributed by atoms with E-state index in [2.05, 4.69) is 4.72 Å². The smallest absolute Gasteiger partial charge is 0.240 e. The number of benzene rings is 2. The number of sulfonamides is 1. The number of halogens is 1. The summed E-state index contributed by atoms with van der Waals surface area (Å²) in [5.74, 6) is 0.669. The van der Waals surface area contributed by atoms with Crippen molar-refractivity contribution in [2.75, 3.05) is 12.8 Å². The van der Waals surface area contributed by atoms with Gasteiger partial charge in [0.15, 0.2) is 0 Å². The molecule has 0 bridgehead atoms. The Balaban J connectivity index is 2.15. The number of rotatable bonds is 5. The number of nitrogen functional groups attached to an aromatic ring is 1. The van der Waals surface area contributed by atoms with Crippen LogP contribution in [0.5, 0.6) is 5.75 Å². The first-order valence-electron chi connectivity index (χ1n) is 6.10. The molecule has 0 fully saturated rings. The van der Waals surface area contributed by atoms with Crippen molar-refractivity contribution in [1.29, 1.82) is 0 Å². The maximum atomic E-state index is 12.2. The first-order chi connectivity index (χ1) is 9.92. The lowest BCUT2D eigenvalue weighted by atomic mass is 10.2. The van der Waals surface area contributed by atoms with Crippen molar-refractivity contribution in [3.63, 3.8) is 0 Å². The molecule has 0 saturated carbocycles. The van der Waals surface area contributed by atoms with Gasteiger partial charge in [0, 0.05) is 6.54 Å². The molecule has 2 aromatic carbocycles. The minimum atomic E-state index is -3.65. The highest BCUT2D eigenvalue weighted by atomic mass is 35.5. The molecule has 2 rings (SSSR count). The molecule has 0 spiro atoms. The van der Waals surface area contributed by atoms with Gasteiger partial charge in [-0.05, 0) is 35.9 Å². The van der Waals surface area contributed by atoms with Gasteiger partial charge in [-0.1, -0.05) is 23.7 Å². The van der Waals surface area contributed by atoms with Crippen molar-refractivity contribution in [2.24, 2.45) is 0 Å². The highest BCUT2D eigenvalue weighted by Crippen LogP contribution is 2.22. The molecule has 21 heavy (non-hydrogen) atoms. The van der Waals surface area contributed by atoms with Gasteiger partial charge in [-0.25, -0.2) is 13.1 Å². The zero-order valence-corrected chi connectivity index (χ0v) is 12.9.